The summed E-state index contributed by atoms with van der Waals surface area (Å²) in [6, 6.07) is 7.46. The van der Waals surface area contributed by atoms with Gasteiger partial charge < -0.3 is 5.73 Å². The van der Waals surface area contributed by atoms with Crippen molar-refractivity contribution in [1.29, 1.82) is 0 Å². The van der Waals surface area contributed by atoms with Gasteiger partial charge >= 0.3 is 0 Å². The van der Waals surface area contributed by atoms with Crippen LogP contribution in [0.25, 0.3) is 0 Å². The maximum Gasteiger partial charge on any atom is 0.123 e. The van der Waals surface area contributed by atoms with Crippen LogP contribution in [0.2, 0.25) is 0 Å². The van der Waals surface area contributed by atoms with E-state index < -0.39 is 0 Å². The Kier molecular flexibility index (Phi) is 3.32. The van der Waals surface area contributed by atoms with Gasteiger partial charge in [-0.05, 0) is 29.8 Å². The first kappa shape index (κ1) is 11.5. The van der Waals surface area contributed by atoms with Crippen molar-refractivity contribution in [3.63, 3.8) is 0 Å². The number of pyridine rings is 1. The van der Waals surface area contributed by atoms with E-state index in [0.717, 1.165) is 5.56 Å². The molecule has 1 unspecified atom stereocenters. The van der Waals surface area contributed by atoms with Crippen LogP contribution < -0.4 is 17.0 Å². The molecule has 2 aromatic rings. The van der Waals surface area contributed by atoms with Crippen LogP contribution in [0.4, 0.5) is 10.1 Å². The highest BCUT2D eigenvalue weighted by Crippen LogP contribution is 2.26. The number of nitrogens with one attached hydrogen (secondary N) is 1. The van der Waals surface area contributed by atoms with Crippen molar-refractivity contribution in [2.45, 2.75) is 6.04 Å². The predicted octanol–water partition coefficient (Wildman–Crippen LogP) is 1.36. The Morgan fingerprint density at radius 1 is 1.29 bits per heavy atom. The number of rotatable bonds is 3. The number of nitrogens with two attached hydrogens (primary N) is 2. The van der Waals surface area contributed by atoms with Gasteiger partial charge in [0.1, 0.15) is 5.82 Å². The maximum absolute atomic E-state index is 13.2. The number of aromatic nitrogens is 1. The summed E-state index contributed by atoms with van der Waals surface area (Å²) in [4.78, 5) is 4.00. The number of hydrazine groups is 1. The van der Waals surface area contributed by atoms with E-state index in [1.54, 1.807) is 18.5 Å². The van der Waals surface area contributed by atoms with Gasteiger partial charge in [-0.1, -0.05) is 6.07 Å². The number of anilines is 1. The first-order chi connectivity index (χ1) is 8.22. The summed E-state index contributed by atoms with van der Waals surface area (Å²) in [6.07, 6.45) is 3.32. The highest BCUT2D eigenvalue weighted by Gasteiger charge is 2.15. The van der Waals surface area contributed by atoms with Gasteiger partial charge in [0.05, 0.1) is 6.04 Å². The molecule has 0 spiro atoms. The van der Waals surface area contributed by atoms with Crippen molar-refractivity contribution < 1.29 is 4.39 Å². The van der Waals surface area contributed by atoms with Crippen LogP contribution in [-0.4, -0.2) is 4.98 Å². The van der Waals surface area contributed by atoms with E-state index in [9.17, 15) is 4.39 Å². The van der Waals surface area contributed by atoms with E-state index >= 15 is 0 Å². The van der Waals surface area contributed by atoms with Gasteiger partial charge in [0.15, 0.2) is 0 Å². The lowest BCUT2D eigenvalue weighted by Crippen LogP contribution is -2.29. The van der Waals surface area contributed by atoms with Gasteiger partial charge in [0.25, 0.3) is 0 Å². The zero-order valence-electron chi connectivity index (χ0n) is 9.10. The minimum atomic E-state index is -0.376. The molecule has 1 aromatic heterocycles. The third-order valence-electron chi connectivity index (χ3n) is 2.54. The average Bonchev–Trinajstić information content (AvgIpc) is 2.36. The second-order valence-electron chi connectivity index (χ2n) is 3.66. The molecule has 0 saturated heterocycles. The molecule has 0 amide bonds. The Morgan fingerprint density at radius 3 is 2.76 bits per heavy atom. The molecule has 0 aliphatic heterocycles. The molecular weight excluding hydrogens is 219 g/mol. The van der Waals surface area contributed by atoms with Crippen molar-refractivity contribution in [3.05, 3.63) is 59.7 Å². The van der Waals surface area contributed by atoms with Crippen LogP contribution in [0, 0.1) is 5.82 Å². The molecule has 5 heteroatoms. The van der Waals surface area contributed by atoms with Gasteiger partial charge in [0.2, 0.25) is 0 Å². The third-order valence-corrected chi connectivity index (χ3v) is 2.54. The number of halogens is 1. The summed E-state index contributed by atoms with van der Waals surface area (Å²) < 4.78 is 13.2. The normalized spacial score (nSPS) is 12.4. The average molecular weight is 232 g/mol. The number of nitrogens with zero attached hydrogens (tertiary/aromatic N) is 1. The first-order valence-electron chi connectivity index (χ1n) is 5.13. The fraction of sp³-hybridized carbons (Fsp3) is 0.0833. The molecule has 1 atom stereocenters. The molecule has 0 aliphatic rings. The predicted molar refractivity (Wildman–Crippen MR) is 64.2 cm³/mol. The standard InChI is InChI=1S/C12H13FN4/c13-9-3-4-11(14)10(6-9)12(17-15)8-2-1-5-16-7-8/h1-7,12,17H,14-15H2. The van der Waals surface area contributed by atoms with Gasteiger partial charge in [-0.2, -0.15) is 0 Å². The first-order valence-corrected chi connectivity index (χ1v) is 5.13. The van der Waals surface area contributed by atoms with Crippen LogP contribution in [0.1, 0.15) is 17.2 Å². The van der Waals surface area contributed by atoms with E-state index in [2.05, 4.69) is 10.4 Å². The number of hydrogen-bond donors (Lipinski definition) is 3. The summed E-state index contributed by atoms with van der Waals surface area (Å²) >= 11 is 0. The molecule has 0 radical (unpaired) electrons. The summed E-state index contributed by atoms with van der Waals surface area (Å²) in [5.74, 6) is 5.15. The van der Waals surface area contributed by atoms with E-state index in [4.69, 9.17) is 11.6 Å². The van der Waals surface area contributed by atoms with E-state index in [1.165, 1.54) is 18.2 Å². The fourth-order valence-electron chi connectivity index (χ4n) is 1.71. The van der Waals surface area contributed by atoms with Crippen molar-refractivity contribution in [2.24, 2.45) is 5.84 Å². The molecule has 0 fully saturated rings. The molecule has 1 heterocycles. The minimum Gasteiger partial charge on any atom is -0.398 e. The van der Waals surface area contributed by atoms with Crippen molar-refractivity contribution in [3.8, 4) is 0 Å². The molecule has 0 aliphatic carbocycles. The fourth-order valence-corrected chi connectivity index (χ4v) is 1.71. The summed E-state index contributed by atoms with van der Waals surface area (Å²) in [5, 5.41) is 0. The SMILES string of the molecule is NNC(c1cccnc1)c1cc(F)ccc1N. The number of hydrogen-bond acceptors (Lipinski definition) is 4. The Morgan fingerprint density at radius 2 is 2.12 bits per heavy atom. The molecule has 1 aromatic carbocycles. The van der Waals surface area contributed by atoms with Gasteiger partial charge in [-0.15, -0.1) is 0 Å². The zero-order valence-corrected chi connectivity index (χ0v) is 9.10. The Bertz CT molecular complexity index is 501. The van der Waals surface area contributed by atoms with Crippen LogP contribution in [-0.2, 0) is 0 Å². The minimum absolute atomic E-state index is 0.349. The molecule has 2 rings (SSSR count). The smallest absolute Gasteiger partial charge is 0.123 e. The second kappa shape index (κ2) is 4.90. The van der Waals surface area contributed by atoms with E-state index in [1.807, 2.05) is 6.07 Å². The van der Waals surface area contributed by atoms with Crippen molar-refractivity contribution >= 4 is 5.69 Å². The molecular formula is C12H13FN4. The molecule has 4 nitrogen and oxygen atoms in total. The summed E-state index contributed by atoms with van der Waals surface area (Å²) in [5.41, 5.74) is 10.3. The Labute approximate surface area is 98.4 Å². The van der Waals surface area contributed by atoms with Crippen molar-refractivity contribution in [2.75, 3.05) is 5.73 Å². The van der Waals surface area contributed by atoms with Gasteiger partial charge in [0, 0.05) is 23.6 Å². The molecule has 17 heavy (non-hydrogen) atoms. The van der Waals surface area contributed by atoms with Crippen LogP contribution in [0.15, 0.2) is 42.7 Å². The van der Waals surface area contributed by atoms with E-state index in [-0.39, 0.29) is 11.9 Å². The summed E-state index contributed by atoms with van der Waals surface area (Å²) in [6.45, 7) is 0. The maximum atomic E-state index is 13.2. The van der Waals surface area contributed by atoms with Gasteiger partial charge in [-0.3, -0.25) is 10.8 Å². The monoisotopic (exact) mass is 232 g/mol. The van der Waals surface area contributed by atoms with E-state index in [0.29, 0.717) is 11.3 Å². The number of benzene rings is 1. The van der Waals surface area contributed by atoms with Crippen LogP contribution in [0.5, 0.6) is 0 Å². The highest BCUT2D eigenvalue weighted by molar-refractivity contribution is 5.51. The third kappa shape index (κ3) is 2.41. The number of nitrogen functional groups attached to an aromatic ring is 1. The van der Waals surface area contributed by atoms with Gasteiger partial charge in [-0.25, -0.2) is 9.82 Å². The van der Waals surface area contributed by atoms with Crippen LogP contribution in [0.3, 0.4) is 0 Å². The lowest BCUT2D eigenvalue weighted by atomic mass is 9.99. The molecule has 5 N–H and O–H groups in total. The quantitative estimate of drug-likeness (QED) is 0.424. The zero-order chi connectivity index (χ0) is 12.3. The topological polar surface area (TPSA) is 77.0 Å². The molecule has 88 valence electrons. The Balaban J connectivity index is 2.46. The van der Waals surface area contributed by atoms with Crippen molar-refractivity contribution in [1.82, 2.24) is 10.4 Å². The summed E-state index contributed by atoms with van der Waals surface area (Å²) in [7, 11) is 0. The highest BCUT2D eigenvalue weighted by atomic mass is 19.1. The van der Waals surface area contributed by atoms with Crippen LogP contribution >= 0.6 is 0 Å². The second-order valence-corrected chi connectivity index (χ2v) is 3.66. The molecule has 0 bridgehead atoms. The largest absolute Gasteiger partial charge is 0.398 e. The lowest BCUT2D eigenvalue weighted by Gasteiger charge is -2.18. The molecule has 0 saturated carbocycles. The Hall–Kier alpha value is -1.98. The lowest BCUT2D eigenvalue weighted by molar-refractivity contribution is 0.605.